The van der Waals surface area contributed by atoms with Crippen LogP contribution in [0.2, 0.25) is 0 Å². The number of phenols is 1. The van der Waals surface area contributed by atoms with E-state index in [-0.39, 0.29) is 11.7 Å². The van der Waals surface area contributed by atoms with Crippen molar-refractivity contribution in [1.29, 1.82) is 0 Å². The quantitative estimate of drug-likeness (QED) is 0.728. The van der Waals surface area contributed by atoms with Crippen LogP contribution in [0, 0.1) is 0 Å². The van der Waals surface area contributed by atoms with Crippen LogP contribution in [0.25, 0.3) is 6.08 Å². The highest BCUT2D eigenvalue weighted by molar-refractivity contribution is 8.18. The van der Waals surface area contributed by atoms with E-state index in [9.17, 15) is 9.90 Å². The molecule has 1 saturated heterocycles. The predicted molar refractivity (Wildman–Crippen MR) is 84.3 cm³/mol. The number of hydrogen-bond acceptors (Lipinski definition) is 4. The molecule has 1 aromatic rings. The van der Waals surface area contributed by atoms with E-state index in [2.05, 4.69) is 16.9 Å². The number of aromatic hydroxyl groups is 1. The molecule has 21 heavy (non-hydrogen) atoms. The molecule has 2 N–H and O–H groups in total. The summed E-state index contributed by atoms with van der Waals surface area (Å²) in [6.07, 6.45) is 1.82. The molecule has 0 aromatic heterocycles. The van der Waals surface area contributed by atoms with Crippen molar-refractivity contribution in [2.24, 2.45) is 4.99 Å². The van der Waals surface area contributed by atoms with Crippen molar-refractivity contribution < 1.29 is 14.8 Å². The van der Waals surface area contributed by atoms with Crippen LogP contribution in [-0.2, 0) is 4.79 Å². The van der Waals surface area contributed by atoms with Gasteiger partial charge in [0.05, 0.1) is 38.1 Å². The van der Waals surface area contributed by atoms with Gasteiger partial charge in [0.15, 0.2) is 5.17 Å². The molecule has 2 aliphatic heterocycles. The minimum atomic E-state index is -0.172. The lowest BCUT2D eigenvalue weighted by Crippen LogP contribution is -3.12. The van der Waals surface area contributed by atoms with Crippen LogP contribution < -0.4 is 4.90 Å². The summed E-state index contributed by atoms with van der Waals surface area (Å²) in [6.45, 7) is 4.03. The third-order valence-electron chi connectivity index (χ3n) is 3.69. The molecular weight excluding hydrogens is 286 g/mol. The SMILES string of the molecule is C[NH+]1CCN(C2=NC(=O)/C(=C/c3ccc(O)cc3)S2)CC1. The Bertz CT molecular complexity index is 602. The van der Waals surface area contributed by atoms with Gasteiger partial charge in [0.1, 0.15) is 5.75 Å². The van der Waals surface area contributed by atoms with E-state index in [0.717, 1.165) is 36.9 Å². The van der Waals surface area contributed by atoms with Gasteiger partial charge >= 0.3 is 0 Å². The van der Waals surface area contributed by atoms with Crippen molar-refractivity contribution in [3.05, 3.63) is 34.7 Å². The van der Waals surface area contributed by atoms with Gasteiger partial charge in [-0.25, -0.2) is 0 Å². The summed E-state index contributed by atoms with van der Waals surface area (Å²) in [5, 5.41) is 10.1. The fourth-order valence-electron chi connectivity index (χ4n) is 2.33. The van der Waals surface area contributed by atoms with E-state index in [1.54, 1.807) is 24.3 Å². The zero-order valence-corrected chi connectivity index (χ0v) is 12.7. The molecule has 110 valence electrons. The fraction of sp³-hybridized carbons (Fsp3) is 0.333. The maximum Gasteiger partial charge on any atom is 0.286 e. The first kappa shape index (κ1) is 14.2. The van der Waals surface area contributed by atoms with Crippen LogP contribution in [-0.4, -0.2) is 54.3 Å². The summed E-state index contributed by atoms with van der Waals surface area (Å²) in [5.41, 5.74) is 0.892. The minimum absolute atomic E-state index is 0.172. The summed E-state index contributed by atoms with van der Waals surface area (Å²) < 4.78 is 0. The highest BCUT2D eigenvalue weighted by Gasteiger charge is 2.28. The Morgan fingerprint density at radius 3 is 2.62 bits per heavy atom. The number of nitrogens with zero attached hydrogens (tertiary/aromatic N) is 2. The van der Waals surface area contributed by atoms with E-state index in [1.807, 2.05) is 6.08 Å². The molecule has 3 rings (SSSR count). The monoisotopic (exact) mass is 304 g/mol. The molecule has 1 aromatic carbocycles. The Kier molecular flexibility index (Phi) is 3.98. The minimum Gasteiger partial charge on any atom is -0.508 e. The summed E-state index contributed by atoms with van der Waals surface area (Å²) >= 11 is 1.44. The first-order valence-corrected chi connectivity index (χ1v) is 7.81. The Morgan fingerprint density at radius 2 is 1.95 bits per heavy atom. The highest BCUT2D eigenvalue weighted by atomic mass is 32.2. The number of likely N-dealkylation sites (N-methyl/N-ethyl adjacent to an activating group) is 1. The number of hydrogen-bond donors (Lipinski definition) is 2. The molecule has 0 unspecified atom stereocenters. The van der Waals surface area contributed by atoms with Crippen molar-refractivity contribution in [2.45, 2.75) is 0 Å². The molecule has 0 aliphatic carbocycles. The fourth-order valence-corrected chi connectivity index (χ4v) is 3.30. The summed E-state index contributed by atoms with van der Waals surface area (Å²) in [4.78, 5) is 20.5. The van der Waals surface area contributed by atoms with Crippen LogP contribution in [0.3, 0.4) is 0 Å². The number of aliphatic imine (C=N–C) groups is 1. The van der Waals surface area contributed by atoms with Gasteiger partial charge in [-0.1, -0.05) is 12.1 Å². The Balaban J connectivity index is 1.71. The number of rotatable bonds is 1. The van der Waals surface area contributed by atoms with Crippen molar-refractivity contribution in [3.8, 4) is 5.75 Å². The molecule has 2 heterocycles. The molecule has 0 saturated carbocycles. The third kappa shape index (κ3) is 3.28. The maximum absolute atomic E-state index is 12.0. The van der Waals surface area contributed by atoms with Gasteiger partial charge in [-0.05, 0) is 35.5 Å². The third-order valence-corrected chi connectivity index (χ3v) is 4.73. The lowest BCUT2D eigenvalue weighted by Gasteiger charge is -2.30. The van der Waals surface area contributed by atoms with Gasteiger partial charge in [-0.15, -0.1) is 0 Å². The standard InChI is InChI=1S/C15H17N3O2S/c1-17-6-8-18(9-7-17)15-16-14(20)13(21-15)10-11-2-4-12(19)5-3-11/h2-5,10,19H,6-9H2,1H3/p+1/b13-10-. The number of thioether (sulfide) groups is 1. The van der Waals surface area contributed by atoms with Crippen LogP contribution in [0.5, 0.6) is 5.75 Å². The molecule has 1 amide bonds. The van der Waals surface area contributed by atoms with E-state index in [4.69, 9.17) is 0 Å². The zero-order valence-electron chi connectivity index (χ0n) is 11.9. The van der Waals surface area contributed by atoms with Crippen molar-refractivity contribution in [1.82, 2.24) is 4.90 Å². The molecule has 0 bridgehead atoms. The zero-order chi connectivity index (χ0) is 14.8. The average Bonchev–Trinajstić information content (AvgIpc) is 2.83. The van der Waals surface area contributed by atoms with Crippen LogP contribution in [0.4, 0.5) is 0 Å². The van der Waals surface area contributed by atoms with Crippen molar-refractivity contribution >= 4 is 28.9 Å². The molecule has 5 nitrogen and oxygen atoms in total. The predicted octanol–water partition coefficient (Wildman–Crippen LogP) is 0.193. The number of amidine groups is 1. The number of phenolic OH excluding ortho intramolecular Hbond substituents is 1. The molecule has 0 atom stereocenters. The van der Waals surface area contributed by atoms with Crippen LogP contribution in [0.15, 0.2) is 34.2 Å². The van der Waals surface area contributed by atoms with E-state index in [1.165, 1.54) is 16.7 Å². The van der Waals surface area contributed by atoms with Gasteiger partial charge in [0.25, 0.3) is 5.91 Å². The second kappa shape index (κ2) is 5.91. The number of benzene rings is 1. The molecule has 0 radical (unpaired) electrons. The lowest BCUT2D eigenvalue weighted by atomic mass is 10.2. The lowest BCUT2D eigenvalue weighted by molar-refractivity contribution is -0.883. The molecule has 2 aliphatic rings. The van der Waals surface area contributed by atoms with E-state index < -0.39 is 0 Å². The Labute approximate surface area is 128 Å². The first-order valence-electron chi connectivity index (χ1n) is 7.00. The smallest absolute Gasteiger partial charge is 0.286 e. The first-order chi connectivity index (χ1) is 10.1. The van der Waals surface area contributed by atoms with Gasteiger partial charge < -0.3 is 14.9 Å². The van der Waals surface area contributed by atoms with Gasteiger partial charge in [-0.3, -0.25) is 4.79 Å². The summed E-state index contributed by atoms with van der Waals surface area (Å²) in [7, 11) is 2.18. The van der Waals surface area contributed by atoms with Crippen molar-refractivity contribution in [3.63, 3.8) is 0 Å². The molecule has 6 heteroatoms. The highest BCUT2D eigenvalue weighted by Crippen LogP contribution is 2.30. The molecule has 1 fully saturated rings. The molecule has 0 spiro atoms. The second-order valence-electron chi connectivity index (χ2n) is 5.35. The van der Waals surface area contributed by atoms with Crippen LogP contribution >= 0.6 is 11.8 Å². The van der Waals surface area contributed by atoms with Gasteiger partial charge in [-0.2, -0.15) is 4.99 Å². The normalized spacial score (nSPS) is 22.0. The summed E-state index contributed by atoms with van der Waals surface area (Å²) in [6, 6.07) is 6.80. The largest absolute Gasteiger partial charge is 0.508 e. The van der Waals surface area contributed by atoms with Gasteiger partial charge in [0.2, 0.25) is 0 Å². The summed E-state index contributed by atoms with van der Waals surface area (Å²) in [5.74, 6) is 0.0498. The van der Waals surface area contributed by atoms with Gasteiger partial charge in [0, 0.05) is 0 Å². The van der Waals surface area contributed by atoms with Crippen molar-refractivity contribution in [2.75, 3.05) is 33.2 Å². The average molecular weight is 304 g/mol. The maximum atomic E-state index is 12.0. The number of nitrogens with one attached hydrogen (secondary N) is 1. The number of piperazine rings is 1. The van der Waals surface area contributed by atoms with E-state index in [0.29, 0.717) is 4.91 Å². The van der Waals surface area contributed by atoms with E-state index >= 15 is 0 Å². The number of amides is 1. The second-order valence-corrected chi connectivity index (χ2v) is 6.35. The number of carbonyl (C=O) groups is 1. The van der Waals surface area contributed by atoms with Crippen LogP contribution in [0.1, 0.15) is 5.56 Å². The topological polar surface area (TPSA) is 57.3 Å². The Hall–Kier alpha value is -1.79. The Morgan fingerprint density at radius 1 is 1.29 bits per heavy atom. The number of carbonyl (C=O) groups excluding carboxylic acids is 1. The molecular formula is C15H18N3O2S+. The number of quaternary nitrogens is 1.